The quantitative estimate of drug-likeness (QED) is 0.689. The highest BCUT2D eigenvalue weighted by atomic mass is 35.7. The van der Waals surface area contributed by atoms with Gasteiger partial charge in [0.25, 0.3) is 0 Å². The van der Waals surface area contributed by atoms with Gasteiger partial charge in [0.15, 0.2) is 0 Å². The monoisotopic (exact) mass is 175 g/mol. The van der Waals surface area contributed by atoms with Crippen molar-refractivity contribution in [2.75, 3.05) is 7.11 Å². The average molecular weight is 176 g/mol. The van der Waals surface area contributed by atoms with Crippen LogP contribution >= 0.6 is 21.7 Å². The van der Waals surface area contributed by atoms with Crippen LogP contribution in [0.25, 0.3) is 0 Å². The van der Waals surface area contributed by atoms with Crippen LogP contribution in [-0.2, 0) is 0 Å². The molecule has 0 bridgehead atoms. The Hall–Kier alpha value is -0.410. The lowest BCUT2D eigenvalue weighted by Crippen LogP contribution is -1.83. The van der Waals surface area contributed by atoms with Crippen molar-refractivity contribution in [1.29, 1.82) is 0 Å². The molecule has 1 aromatic rings. The smallest absolute Gasteiger partial charge is 0.123 e. The summed E-state index contributed by atoms with van der Waals surface area (Å²) in [4.78, 5) is 3.96. The van der Waals surface area contributed by atoms with Gasteiger partial charge in [-0.2, -0.15) is 0 Å². The SMILES string of the molecule is COc1ccnc(SCl)c1. The Balaban J connectivity index is 2.87. The van der Waals surface area contributed by atoms with Gasteiger partial charge in [0.05, 0.1) is 7.11 Å². The lowest BCUT2D eigenvalue weighted by atomic mass is 10.5. The standard InChI is InChI=1S/C6H6ClNOS/c1-9-5-2-3-8-6(4-5)10-7/h2-4H,1H3. The fourth-order valence-corrected chi connectivity index (χ4v) is 1.07. The third-order valence-electron chi connectivity index (χ3n) is 1.02. The molecule has 0 saturated carbocycles. The summed E-state index contributed by atoms with van der Waals surface area (Å²) in [6.45, 7) is 0. The number of halogens is 1. The van der Waals surface area contributed by atoms with Crippen LogP contribution in [0.5, 0.6) is 5.75 Å². The maximum atomic E-state index is 5.45. The molecule has 1 heterocycles. The molecular weight excluding hydrogens is 170 g/mol. The maximum Gasteiger partial charge on any atom is 0.123 e. The molecule has 0 aliphatic rings. The molecule has 2 nitrogen and oxygen atoms in total. The van der Waals surface area contributed by atoms with Crippen molar-refractivity contribution in [3.05, 3.63) is 18.3 Å². The lowest BCUT2D eigenvalue weighted by molar-refractivity contribution is 0.412. The number of nitrogens with zero attached hydrogens (tertiary/aromatic N) is 1. The predicted molar refractivity (Wildman–Crippen MR) is 42.5 cm³/mol. The van der Waals surface area contributed by atoms with Gasteiger partial charge in [-0.15, -0.1) is 0 Å². The molecule has 0 aliphatic carbocycles. The van der Waals surface area contributed by atoms with Crippen LogP contribution in [0.1, 0.15) is 0 Å². The van der Waals surface area contributed by atoms with Gasteiger partial charge in [-0.3, -0.25) is 0 Å². The number of hydrogen-bond donors (Lipinski definition) is 0. The van der Waals surface area contributed by atoms with E-state index in [0.717, 1.165) is 21.8 Å². The van der Waals surface area contributed by atoms with E-state index in [4.69, 9.17) is 15.4 Å². The number of hydrogen-bond acceptors (Lipinski definition) is 3. The first-order valence-corrected chi connectivity index (χ1v) is 4.29. The number of rotatable bonds is 2. The second-order valence-corrected chi connectivity index (χ2v) is 2.65. The molecule has 54 valence electrons. The van der Waals surface area contributed by atoms with Gasteiger partial charge in [-0.05, 0) is 16.7 Å². The Morgan fingerprint density at radius 2 is 2.50 bits per heavy atom. The Kier molecular flexibility index (Phi) is 2.83. The zero-order chi connectivity index (χ0) is 7.40. The molecule has 0 atom stereocenters. The van der Waals surface area contributed by atoms with Crippen molar-refractivity contribution in [2.45, 2.75) is 5.03 Å². The van der Waals surface area contributed by atoms with Crippen molar-refractivity contribution in [2.24, 2.45) is 0 Å². The minimum absolute atomic E-state index is 0.751. The zero-order valence-electron chi connectivity index (χ0n) is 5.37. The van der Waals surface area contributed by atoms with Crippen molar-refractivity contribution < 1.29 is 4.74 Å². The first-order valence-electron chi connectivity index (χ1n) is 2.65. The Bertz CT molecular complexity index is 199. The number of ether oxygens (including phenoxy) is 1. The van der Waals surface area contributed by atoms with E-state index in [1.54, 1.807) is 25.4 Å². The van der Waals surface area contributed by atoms with Crippen LogP contribution in [0, 0.1) is 0 Å². The van der Waals surface area contributed by atoms with Gasteiger partial charge in [-0.25, -0.2) is 4.98 Å². The van der Waals surface area contributed by atoms with Crippen LogP contribution in [0.2, 0.25) is 0 Å². The van der Waals surface area contributed by atoms with Crippen LogP contribution in [-0.4, -0.2) is 12.1 Å². The molecule has 0 amide bonds. The third-order valence-corrected chi connectivity index (χ3v) is 1.88. The van der Waals surface area contributed by atoms with E-state index in [2.05, 4.69) is 4.98 Å². The summed E-state index contributed by atoms with van der Waals surface area (Å²) in [5.41, 5.74) is 0. The lowest BCUT2D eigenvalue weighted by Gasteiger charge is -1.98. The molecule has 1 aromatic heterocycles. The van der Waals surface area contributed by atoms with Crippen LogP contribution in [0.15, 0.2) is 23.4 Å². The summed E-state index contributed by atoms with van der Waals surface area (Å²) in [5.74, 6) is 0.776. The van der Waals surface area contributed by atoms with Crippen LogP contribution < -0.4 is 4.74 Å². The van der Waals surface area contributed by atoms with Gasteiger partial charge in [0.2, 0.25) is 0 Å². The van der Waals surface area contributed by atoms with E-state index in [-0.39, 0.29) is 0 Å². The first-order chi connectivity index (χ1) is 4.86. The molecule has 0 saturated heterocycles. The van der Waals surface area contributed by atoms with E-state index < -0.39 is 0 Å². The summed E-state index contributed by atoms with van der Waals surface area (Å²) < 4.78 is 4.94. The maximum absolute atomic E-state index is 5.45. The van der Waals surface area contributed by atoms with Crippen LogP contribution in [0.3, 0.4) is 0 Å². The van der Waals surface area contributed by atoms with Crippen LogP contribution in [0.4, 0.5) is 0 Å². The molecule has 0 spiro atoms. The molecule has 0 radical (unpaired) electrons. The van der Waals surface area contributed by atoms with Gasteiger partial charge in [0.1, 0.15) is 10.8 Å². The number of aromatic nitrogens is 1. The minimum atomic E-state index is 0.751. The van der Waals surface area contributed by atoms with Crippen molar-refractivity contribution >= 4 is 21.7 Å². The molecular formula is C6H6ClNOS. The normalized spacial score (nSPS) is 9.40. The average Bonchev–Trinajstić information content (AvgIpc) is 2.05. The molecule has 0 aliphatic heterocycles. The third kappa shape index (κ3) is 1.78. The molecule has 0 unspecified atom stereocenters. The Morgan fingerprint density at radius 1 is 1.70 bits per heavy atom. The number of methoxy groups -OCH3 is 1. The summed E-state index contributed by atoms with van der Waals surface area (Å²) in [6, 6.07) is 3.55. The largest absolute Gasteiger partial charge is 0.497 e. The highest BCUT2D eigenvalue weighted by Crippen LogP contribution is 2.22. The van der Waals surface area contributed by atoms with Gasteiger partial charge >= 0.3 is 0 Å². The Labute approximate surface area is 68.1 Å². The molecule has 1 rings (SSSR count). The highest BCUT2D eigenvalue weighted by molar-refractivity contribution is 8.21. The van der Waals surface area contributed by atoms with Crippen molar-refractivity contribution in [1.82, 2.24) is 4.98 Å². The van der Waals surface area contributed by atoms with Crippen molar-refractivity contribution in [3.8, 4) is 5.75 Å². The summed E-state index contributed by atoms with van der Waals surface area (Å²) in [5, 5.41) is 0.751. The first kappa shape index (κ1) is 7.69. The second kappa shape index (κ2) is 3.68. The van der Waals surface area contributed by atoms with E-state index in [1.807, 2.05) is 0 Å². The van der Waals surface area contributed by atoms with E-state index in [0.29, 0.717) is 0 Å². The highest BCUT2D eigenvalue weighted by Gasteiger charge is 1.94. The fourth-order valence-electron chi connectivity index (χ4n) is 0.560. The predicted octanol–water partition coefficient (Wildman–Crippen LogP) is 2.34. The van der Waals surface area contributed by atoms with E-state index in [1.165, 1.54) is 0 Å². The zero-order valence-corrected chi connectivity index (χ0v) is 6.95. The summed E-state index contributed by atoms with van der Waals surface area (Å²) in [7, 11) is 8.14. The molecule has 0 N–H and O–H groups in total. The molecule has 0 aromatic carbocycles. The van der Waals surface area contributed by atoms with E-state index in [9.17, 15) is 0 Å². The van der Waals surface area contributed by atoms with E-state index >= 15 is 0 Å². The Morgan fingerprint density at radius 3 is 3.10 bits per heavy atom. The molecule has 4 heteroatoms. The van der Waals surface area contributed by atoms with Crippen molar-refractivity contribution in [3.63, 3.8) is 0 Å². The topological polar surface area (TPSA) is 22.1 Å². The second-order valence-electron chi connectivity index (χ2n) is 1.61. The van der Waals surface area contributed by atoms with Gasteiger partial charge < -0.3 is 4.74 Å². The summed E-state index contributed by atoms with van der Waals surface area (Å²) in [6.07, 6.45) is 1.66. The van der Waals surface area contributed by atoms with Gasteiger partial charge in [-0.1, -0.05) is 0 Å². The summed E-state index contributed by atoms with van der Waals surface area (Å²) >= 11 is 0. The molecule has 0 fully saturated rings. The minimum Gasteiger partial charge on any atom is -0.497 e. The fraction of sp³-hybridized carbons (Fsp3) is 0.167. The number of pyridine rings is 1. The molecule has 10 heavy (non-hydrogen) atoms. The van der Waals surface area contributed by atoms with Gasteiger partial charge in [0, 0.05) is 23.2 Å².